The predicted molar refractivity (Wildman–Crippen MR) is 102 cm³/mol. The maximum Gasteiger partial charge on any atom is 0.248 e. The van der Waals surface area contributed by atoms with E-state index in [1.165, 1.54) is 4.31 Å². The van der Waals surface area contributed by atoms with Crippen molar-refractivity contribution in [2.45, 2.75) is 57.4 Å². The number of nitrogens with one attached hydrogen (secondary N) is 1. The summed E-state index contributed by atoms with van der Waals surface area (Å²) in [6, 6.07) is 3.80. The highest BCUT2D eigenvalue weighted by atomic mass is 32.2. The van der Waals surface area contributed by atoms with Crippen LogP contribution in [0.4, 0.5) is 0 Å². The minimum absolute atomic E-state index is 0.0127. The molecule has 1 atom stereocenters. The molecule has 1 aliphatic heterocycles. The smallest absolute Gasteiger partial charge is 0.248 e. The number of aromatic nitrogens is 1. The van der Waals surface area contributed by atoms with Crippen LogP contribution in [-0.4, -0.2) is 42.9 Å². The highest BCUT2D eigenvalue weighted by Crippen LogP contribution is 2.27. The van der Waals surface area contributed by atoms with Crippen LogP contribution in [0.1, 0.15) is 43.4 Å². The summed E-state index contributed by atoms with van der Waals surface area (Å²) < 4.78 is 37.4. The summed E-state index contributed by atoms with van der Waals surface area (Å²) in [4.78, 5) is 12.7. The van der Waals surface area contributed by atoms with Crippen LogP contribution in [0.3, 0.4) is 0 Å². The normalized spacial score (nSPS) is 17.5. The van der Waals surface area contributed by atoms with Crippen molar-refractivity contribution < 1.29 is 22.2 Å². The van der Waals surface area contributed by atoms with E-state index in [1.54, 1.807) is 20.1 Å². The maximum absolute atomic E-state index is 12.9. The van der Waals surface area contributed by atoms with Gasteiger partial charge in [0.2, 0.25) is 15.9 Å². The van der Waals surface area contributed by atoms with E-state index < -0.39 is 10.0 Å². The molecule has 3 rings (SSSR count). The molecule has 8 nitrogen and oxygen atoms in total. The molecule has 28 heavy (non-hydrogen) atoms. The average Bonchev–Trinajstić information content (AvgIpc) is 3.30. The molecule has 1 amide bonds. The van der Waals surface area contributed by atoms with E-state index in [9.17, 15) is 13.2 Å². The van der Waals surface area contributed by atoms with Gasteiger partial charge in [0.15, 0.2) is 5.76 Å². The van der Waals surface area contributed by atoms with Gasteiger partial charge in [0.05, 0.1) is 6.26 Å². The van der Waals surface area contributed by atoms with Crippen LogP contribution in [0.15, 0.2) is 32.2 Å². The summed E-state index contributed by atoms with van der Waals surface area (Å²) in [6.07, 6.45) is 4.20. The van der Waals surface area contributed by atoms with Crippen LogP contribution in [-0.2, 0) is 21.2 Å². The zero-order chi connectivity index (χ0) is 20.3. The second kappa shape index (κ2) is 8.48. The number of piperidine rings is 1. The Bertz CT molecular complexity index is 877. The molecule has 1 fully saturated rings. The first-order valence-electron chi connectivity index (χ1n) is 9.55. The zero-order valence-electron chi connectivity index (χ0n) is 16.5. The summed E-state index contributed by atoms with van der Waals surface area (Å²) in [5.74, 6) is 1.00. The van der Waals surface area contributed by atoms with Gasteiger partial charge >= 0.3 is 0 Å². The Kier molecular flexibility index (Phi) is 6.24. The summed E-state index contributed by atoms with van der Waals surface area (Å²) in [5, 5.41) is 6.78. The first kappa shape index (κ1) is 20.6. The fourth-order valence-corrected chi connectivity index (χ4v) is 5.34. The maximum atomic E-state index is 12.9. The largest absolute Gasteiger partial charge is 0.469 e. The van der Waals surface area contributed by atoms with E-state index in [0.29, 0.717) is 37.4 Å². The Hall–Kier alpha value is -2.13. The molecule has 2 aromatic heterocycles. The number of furan rings is 1. The number of amides is 1. The Labute approximate surface area is 165 Å². The van der Waals surface area contributed by atoms with Gasteiger partial charge in [-0.2, -0.15) is 4.31 Å². The van der Waals surface area contributed by atoms with Gasteiger partial charge in [0.1, 0.15) is 16.3 Å². The molecule has 9 heteroatoms. The van der Waals surface area contributed by atoms with Gasteiger partial charge in [0.25, 0.3) is 0 Å². The Balaban J connectivity index is 1.51. The summed E-state index contributed by atoms with van der Waals surface area (Å²) in [6.45, 7) is 5.80. The quantitative estimate of drug-likeness (QED) is 0.753. The van der Waals surface area contributed by atoms with Crippen molar-refractivity contribution in [2.75, 3.05) is 13.1 Å². The van der Waals surface area contributed by atoms with E-state index in [2.05, 4.69) is 10.5 Å². The topological polar surface area (TPSA) is 106 Å². The van der Waals surface area contributed by atoms with Gasteiger partial charge in [-0.25, -0.2) is 8.42 Å². The fourth-order valence-electron chi connectivity index (χ4n) is 3.58. The van der Waals surface area contributed by atoms with Crippen LogP contribution in [0.25, 0.3) is 0 Å². The molecule has 154 valence electrons. The number of hydrogen-bond donors (Lipinski definition) is 1. The predicted octanol–water partition coefficient (Wildman–Crippen LogP) is 2.42. The van der Waals surface area contributed by atoms with Crippen LogP contribution in [0.2, 0.25) is 0 Å². The van der Waals surface area contributed by atoms with Crippen LogP contribution in [0.5, 0.6) is 0 Å². The molecule has 0 aromatic carbocycles. The van der Waals surface area contributed by atoms with E-state index >= 15 is 0 Å². The minimum Gasteiger partial charge on any atom is -0.469 e. The van der Waals surface area contributed by atoms with Gasteiger partial charge in [-0.1, -0.05) is 5.16 Å². The molecule has 0 bridgehead atoms. The third kappa shape index (κ3) is 4.47. The molecule has 1 N–H and O–H groups in total. The van der Waals surface area contributed by atoms with Crippen molar-refractivity contribution in [3.63, 3.8) is 0 Å². The van der Waals surface area contributed by atoms with E-state index in [1.807, 2.05) is 19.1 Å². The number of rotatable bonds is 7. The molecule has 0 aliphatic carbocycles. The van der Waals surface area contributed by atoms with E-state index in [-0.39, 0.29) is 22.8 Å². The Morgan fingerprint density at radius 1 is 1.36 bits per heavy atom. The lowest BCUT2D eigenvalue weighted by atomic mass is 9.96. The first-order valence-corrected chi connectivity index (χ1v) is 11.0. The molecule has 0 spiro atoms. The van der Waals surface area contributed by atoms with Crippen molar-refractivity contribution in [1.82, 2.24) is 14.8 Å². The van der Waals surface area contributed by atoms with Crippen LogP contribution in [0, 0.1) is 19.8 Å². The lowest BCUT2D eigenvalue weighted by Gasteiger charge is -2.31. The van der Waals surface area contributed by atoms with Gasteiger partial charge in [-0.05, 0) is 52.2 Å². The second-order valence-corrected chi connectivity index (χ2v) is 9.23. The fraction of sp³-hybridized carbons (Fsp3) is 0.579. The molecule has 0 radical (unpaired) electrons. The van der Waals surface area contributed by atoms with Gasteiger partial charge < -0.3 is 14.3 Å². The van der Waals surface area contributed by atoms with E-state index in [4.69, 9.17) is 8.94 Å². The van der Waals surface area contributed by atoms with Crippen molar-refractivity contribution >= 4 is 15.9 Å². The Morgan fingerprint density at radius 3 is 2.64 bits per heavy atom. The molecular formula is C19H27N3O5S. The van der Waals surface area contributed by atoms with Gasteiger partial charge in [-0.15, -0.1) is 0 Å². The SMILES string of the molecule is Cc1noc(C)c1S(=O)(=O)N1CCC(C(=O)N[C@H](C)CCc2ccco2)CC1. The minimum atomic E-state index is -3.65. The molecule has 1 aliphatic rings. The zero-order valence-corrected chi connectivity index (χ0v) is 17.3. The molecule has 0 unspecified atom stereocenters. The number of carbonyl (C=O) groups excluding carboxylic acids is 1. The highest BCUT2D eigenvalue weighted by molar-refractivity contribution is 7.89. The lowest BCUT2D eigenvalue weighted by Crippen LogP contribution is -2.45. The molecule has 1 saturated heterocycles. The molecule has 0 saturated carbocycles. The summed E-state index contributed by atoms with van der Waals surface area (Å²) in [5.41, 5.74) is 0.364. The van der Waals surface area contributed by atoms with Gasteiger partial charge in [0, 0.05) is 31.5 Å². The molecule has 3 heterocycles. The number of carbonyl (C=O) groups is 1. The van der Waals surface area contributed by atoms with Crippen molar-refractivity contribution in [2.24, 2.45) is 5.92 Å². The second-order valence-electron chi connectivity index (χ2n) is 7.36. The van der Waals surface area contributed by atoms with Crippen LogP contribution < -0.4 is 5.32 Å². The first-order chi connectivity index (χ1) is 13.3. The van der Waals surface area contributed by atoms with Gasteiger partial charge in [-0.3, -0.25) is 4.79 Å². The number of aryl methyl sites for hydroxylation is 3. The van der Waals surface area contributed by atoms with E-state index in [0.717, 1.165) is 18.6 Å². The van der Waals surface area contributed by atoms with Crippen molar-refractivity contribution in [1.29, 1.82) is 0 Å². The molecule has 2 aromatic rings. The average molecular weight is 410 g/mol. The standard InChI is InChI=1S/C19H27N3O5S/c1-13(6-7-17-5-4-12-26-17)20-19(23)16-8-10-22(11-9-16)28(24,25)18-14(2)21-27-15(18)3/h4-5,12-13,16H,6-11H2,1-3H3,(H,20,23)/t13-/m1/s1. The monoisotopic (exact) mass is 409 g/mol. The number of sulfonamides is 1. The lowest BCUT2D eigenvalue weighted by molar-refractivity contribution is -0.126. The third-order valence-electron chi connectivity index (χ3n) is 5.18. The summed E-state index contributed by atoms with van der Waals surface area (Å²) in [7, 11) is -3.65. The van der Waals surface area contributed by atoms with Crippen molar-refractivity contribution in [3.8, 4) is 0 Å². The summed E-state index contributed by atoms with van der Waals surface area (Å²) >= 11 is 0. The third-order valence-corrected chi connectivity index (χ3v) is 7.33. The molecular weight excluding hydrogens is 382 g/mol. The van der Waals surface area contributed by atoms with Crippen molar-refractivity contribution in [3.05, 3.63) is 35.6 Å². The number of nitrogens with zero attached hydrogens (tertiary/aromatic N) is 2. The Morgan fingerprint density at radius 2 is 2.07 bits per heavy atom. The highest BCUT2D eigenvalue weighted by Gasteiger charge is 2.35. The van der Waals surface area contributed by atoms with Crippen LogP contribution >= 0.6 is 0 Å². The number of hydrogen-bond acceptors (Lipinski definition) is 6.